The van der Waals surface area contributed by atoms with E-state index in [2.05, 4.69) is 46.4 Å². The van der Waals surface area contributed by atoms with Crippen LogP contribution in [0, 0.1) is 6.92 Å². The second kappa shape index (κ2) is 10.2. The third kappa shape index (κ3) is 4.91. The van der Waals surface area contributed by atoms with Gasteiger partial charge in [0.05, 0.1) is 24.8 Å². The van der Waals surface area contributed by atoms with E-state index in [0.29, 0.717) is 12.6 Å². The molecule has 6 rings (SSSR count). The lowest BCUT2D eigenvalue weighted by molar-refractivity contribution is -0.138. The molecule has 0 N–H and O–H groups in total. The molecule has 7 nitrogen and oxygen atoms in total. The summed E-state index contributed by atoms with van der Waals surface area (Å²) in [6, 6.07) is 14.9. The number of methoxy groups -OCH3 is 1. The summed E-state index contributed by atoms with van der Waals surface area (Å²) in [7, 11) is 1.55. The summed E-state index contributed by atoms with van der Waals surface area (Å²) in [5, 5.41) is 3.07. The quantitative estimate of drug-likeness (QED) is 0.222. The molecule has 0 spiro atoms. The van der Waals surface area contributed by atoms with Gasteiger partial charge in [-0.2, -0.15) is 0 Å². The molecule has 1 unspecified atom stereocenters. The molecule has 1 aliphatic rings. The predicted molar refractivity (Wildman–Crippen MR) is 160 cm³/mol. The molecule has 0 bridgehead atoms. The van der Waals surface area contributed by atoms with Crippen molar-refractivity contribution in [1.82, 2.24) is 15.0 Å². The van der Waals surface area contributed by atoms with Crippen LogP contribution in [0.15, 0.2) is 61.1 Å². The molecule has 41 heavy (non-hydrogen) atoms. The van der Waals surface area contributed by atoms with Crippen LogP contribution in [0.2, 0.25) is 0 Å². The number of aryl methyl sites for hydroxylation is 1. The van der Waals surface area contributed by atoms with Gasteiger partial charge in [-0.1, -0.05) is 18.2 Å². The van der Waals surface area contributed by atoms with Gasteiger partial charge >= 0.3 is 6.01 Å². The Morgan fingerprint density at radius 1 is 1.00 bits per heavy atom. The van der Waals surface area contributed by atoms with Crippen molar-refractivity contribution >= 4 is 27.5 Å². The fraction of sp³-hybridized carbons (Fsp3) is 0.294. The highest BCUT2D eigenvalue weighted by Crippen LogP contribution is 2.45. The summed E-state index contributed by atoms with van der Waals surface area (Å²) >= 11 is 0. The van der Waals surface area contributed by atoms with Crippen LogP contribution in [0.1, 0.15) is 50.5 Å². The SMILES string of the molecule is COc1ncc(-c2ccc3c(-c4ccc5c6c(ccnc46)CCO5)c(C(OC(C)(C)C)C(C)=O)c(C)cc3c2)cn1. The molecule has 0 radical (unpaired) electrons. The van der Waals surface area contributed by atoms with E-state index in [9.17, 15) is 4.79 Å². The standard InChI is InChI=1S/C34H33N3O4/c1-19-15-23-16-22(24-17-36-33(39-6)37-18-24)7-8-25(23)30(28(19)32(20(2)38)41-34(3,4)5)26-9-10-27-29-21(12-14-40-27)11-13-35-31(26)29/h7-11,13,15-18,32H,12,14H2,1-6H3. The average Bonchev–Trinajstić information content (AvgIpc) is 2.95. The predicted octanol–water partition coefficient (Wildman–Crippen LogP) is 7.21. The lowest BCUT2D eigenvalue weighted by atomic mass is 9.84. The van der Waals surface area contributed by atoms with Gasteiger partial charge in [0, 0.05) is 41.5 Å². The van der Waals surface area contributed by atoms with Crippen LogP contribution in [-0.2, 0) is 16.0 Å². The van der Waals surface area contributed by atoms with Gasteiger partial charge in [0.25, 0.3) is 0 Å². The van der Waals surface area contributed by atoms with E-state index in [1.807, 2.05) is 40.0 Å². The van der Waals surface area contributed by atoms with Crippen LogP contribution < -0.4 is 9.47 Å². The first kappa shape index (κ1) is 26.8. The number of benzene rings is 3. The number of ketones is 1. The molecule has 7 heteroatoms. The van der Waals surface area contributed by atoms with Crippen LogP contribution in [-0.4, -0.2) is 40.1 Å². The molecular weight excluding hydrogens is 514 g/mol. The zero-order valence-corrected chi connectivity index (χ0v) is 24.2. The fourth-order valence-corrected chi connectivity index (χ4v) is 5.74. The van der Waals surface area contributed by atoms with E-state index in [4.69, 9.17) is 19.2 Å². The monoisotopic (exact) mass is 547 g/mol. The molecule has 0 amide bonds. The number of Topliss-reactive ketones (excluding diaryl/α,β-unsaturated/α-hetero) is 1. The first-order valence-electron chi connectivity index (χ1n) is 13.8. The topological polar surface area (TPSA) is 83.4 Å². The maximum atomic E-state index is 13.2. The number of aromatic nitrogens is 3. The Morgan fingerprint density at radius 2 is 1.78 bits per heavy atom. The molecule has 2 aromatic heterocycles. The minimum absolute atomic E-state index is 0.0466. The van der Waals surface area contributed by atoms with Crippen LogP contribution in [0.25, 0.3) is 43.9 Å². The first-order chi connectivity index (χ1) is 19.6. The van der Waals surface area contributed by atoms with Gasteiger partial charge in [0.1, 0.15) is 11.9 Å². The molecule has 0 saturated heterocycles. The smallest absolute Gasteiger partial charge is 0.316 e. The van der Waals surface area contributed by atoms with E-state index < -0.39 is 11.7 Å². The van der Waals surface area contributed by atoms with Crippen LogP contribution in [0.4, 0.5) is 0 Å². The molecule has 0 fully saturated rings. The van der Waals surface area contributed by atoms with E-state index >= 15 is 0 Å². The number of pyridine rings is 1. The number of ether oxygens (including phenoxy) is 3. The van der Waals surface area contributed by atoms with Gasteiger partial charge < -0.3 is 14.2 Å². The molecule has 3 heterocycles. The summed E-state index contributed by atoms with van der Waals surface area (Å²) in [5.74, 6) is 0.794. The summed E-state index contributed by atoms with van der Waals surface area (Å²) in [6.45, 7) is 10.2. The molecule has 3 aromatic carbocycles. The number of nitrogens with zero attached hydrogens (tertiary/aromatic N) is 3. The van der Waals surface area contributed by atoms with E-state index in [0.717, 1.165) is 67.2 Å². The first-order valence-corrected chi connectivity index (χ1v) is 13.8. The molecular formula is C34H33N3O4. The Bertz CT molecular complexity index is 1800. The number of rotatable bonds is 6. The van der Waals surface area contributed by atoms with Gasteiger partial charge in [0.2, 0.25) is 0 Å². The Hall–Kier alpha value is -4.36. The third-order valence-corrected chi connectivity index (χ3v) is 7.47. The molecule has 1 atom stereocenters. The minimum atomic E-state index is -0.744. The number of hydrogen-bond donors (Lipinski definition) is 0. The maximum absolute atomic E-state index is 13.2. The summed E-state index contributed by atoms with van der Waals surface area (Å²) in [5.41, 5.74) is 7.14. The van der Waals surface area contributed by atoms with Crippen molar-refractivity contribution in [3.8, 4) is 34.0 Å². The van der Waals surface area contributed by atoms with Crippen molar-refractivity contribution in [3.63, 3.8) is 0 Å². The van der Waals surface area contributed by atoms with E-state index in [-0.39, 0.29) is 5.78 Å². The molecule has 0 saturated carbocycles. The Morgan fingerprint density at radius 3 is 2.49 bits per heavy atom. The van der Waals surface area contributed by atoms with Gasteiger partial charge in [-0.25, -0.2) is 9.97 Å². The normalized spacial score (nSPS) is 13.7. The zero-order valence-electron chi connectivity index (χ0n) is 24.2. The summed E-state index contributed by atoms with van der Waals surface area (Å²) in [4.78, 5) is 26.7. The van der Waals surface area contributed by atoms with Crippen molar-refractivity contribution < 1.29 is 19.0 Å². The Balaban J connectivity index is 1.66. The van der Waals surface area contributed by atoms with Crippen molar-refractivity contribution in [2.75, 3.05) is 13.7 Å². The lowest BCUT2D eigenvalue weighted by Crippen LogP contribution is -2.27. The van der Waals surface area contributed by atoms with E-state index in [1.54, 1.807) is 26.4 Å². The minimum Gasteiger partial charge on any atom is -0.493 e. The van der Waals surface area contributed by atoms with Crippen LogP contribution in [0.5, 0.6) is 11.8 Å². The number of hydrogen-bond acceptors (Lipinski definition) is 7. The fourth-order valence-electron chi connectivity index (χ4n) is 5.74. The van der Waals surface area contributed by atoms with E-state index in [1.165, 1.54) is 5.56 Å². The molecule has 5 aromatic rings. The van der Waals surface area contributed by atoms with Crippen molar-refractivity contribution in [1.29, 1.82) is 0 Å². The van der Waals surface area contributed by atoms with Gasteiger partial charge in [-0.3, -0.25) is 9.78 Å². The van der Waals surface area contributed by atoms with Gasteiger partial charge in [-0.15, -0.1) is 0 Å². The highest BCUT2D eigenvalue weighted by Gasteiger charge is 2.31. The molecule has 208 valence electrons. The number of carbonyl (C=O) groups is 1. The van der Waals surface area contributed by atoms with Crippen LogP contribution >= 0.6 is 0 Å². The highest BCUT2D eigenvalue weighted by atomic mass is 16.5. The zero-order chi connectivity index (χ0) is 28.9. The second-order valence-corrected chi connectivity index (χ2v) is 11.5. The van der Waals surface area contributed by atoms with Gasteiger partial charge in [-0.05, 0) is 97.5 Å². The van der Waals surface area contributed by atoms with Crippen LogP contribution in [0.3, 0.4) is 0 Å². The Kier molecular flexibility index (Phi) is 6.70. The third-order valence-electron chi connectivity index (χ3n) is 7.47. The largest absolute Gasteiger partial charge is 0.493 e. The van der Waals surface area contributed by atoms with Crippen molar-refractivity contribution in [2.24, 2.45) is 0 Å². The van der Waals surface area contributed by atoms with Gasteiger partial charge in [0.15, 0.2) is 5.78 Å². The molecule has 1 aliphatic heterocycles. The number of carbonyl (C=O) groups excluding carboxylic acids is 1. The van der Waals surface area contributed by atoms with Crippen molar-refractivity contribution in [2.45, 2.75) is 52.7 Å². The highest BCUT2D eigenvalue weighted by molar-refractivity contribution is 6.09. The van der Waals surface area contributed by atoms with Crippen molar-refractivity contribution in [3.05, 3.63) is 77.7 Å². The number of fused-ring (bicyclic) bond motifs is 1. The molecule has 0 aliphatic carbocycles. The Labute approximate surface area is 239 Å². The second-order valence-electron chi connectivity index (χ2n) is 11.5. The summed E-state index contributed by atoms with van der Waals surface area (Å²) < 4.78 is 17.6. The maximum Gasteiger partial charge on any atom is 0.316 e. The lowest BCUT2D eigenvalue weighted by Gasteiger charge is -2.30. The average molecular weight is 548 g/mol. The summed E-state index contributed by atoms with van der Waals surface area (Å²) in [6.07, 6.45) is 5.46.